The highest BCUT2D eigenvalue weighted by molar-refractivity contribution is 7.98. The number of hydrogen-bond donors (Lipinski definition) is 1. The molecule has 98 valence electrons. The van der Waals surface area contributed by atoms with Crippen molar-refractivity contribution < 1.29 is 4.79 Å². The van der Waals surface area contributed by atoms with Crippen molar-refractivity contribution in [3.63, 3.8) is 0 Å². The summed E-state index contributed by atoms with van der Waals surface area (Å²) >= 11 is 13.5. The van der Waals surface area contributed by atoms with E-state index in [9.17, 15) is 4.79 Å². The number of rotatable bonds is 3. The van der Waals surface area contributed by atoms with Crippen LogP contribution in [0.1, 0.15) is 10.4 Å². The van der Waals surface area contributed by atoms with Gasteiger partial charge in [-0.1, -0.05) is 23.2 Å². The lowest BCUT2D eigenvalue weighted by molar-refractivity contribution is 0.102. The second-order valence-corrected chi connectivity index (χ2v) is 5.53. The predicted octanol–water partition coefficient (Wildman–Crippen LogP) is 4.97. The molecule has 2 aromatic carbocycles. The zero-order chi connectivity index (χ0) is 13.8. The number of amides is 1. The molecule has 0 aromatic heterocycles. The van der Waals surface area contributed by atoms with Crippen LogP contribution in [-0.4, -0.2) is 12.2 Å². The lowest BCUT2D eigenvalue weighted by atomic mass is 10.2. The Bertz CT molecular complexity index is 599. The Kier molecular flexibility index (Phi) is 4.75. The first-order valence-corrected chi connectivity index (χ1v) is 7.48. The van der Waals surface area contributed by atoms with Gasteiger partial charge in [0.2, 0.25) is 0 Å². The molecule has 0 bridgehead atoms. The van der Waals surface area contributed by atoms with Gasteiger partial charge >= 0.3 is 0 Å². The summed E-state index contributed by atoms with van der Waals surface area (Å²) in [5.74, 6) is -0.211. The molecule has 2 nitrogen and oxygen atoms in total. The third kappa shape index (κ3) is 3.66. The summed E-state index contributed by atoms with van der Waals surface area (Å²) in [7, 11) is 0. The van der Waals surface area contributed by atoms with E-state index >= 15 is 0 Å². The topological polar surface area (TPSA) is 29.1 Å². The van der Waals surface area contributed by atoms with Gasteiger partial charge in [0, 0.05) is 15.5 Å². The van der Waals surface area contributed by atoms with Crippen molar-refractivity contribution >= 4 is 46.6 Å². The summed E-state index contributed by atoms with van der Waals surface area (Å²) in [4.78, 5) is 13.2. The molecule has 0 aliphatic carbocycles. The van der Waals surface area contributed by atoms with Crippen molar-refractivity contribution in [3.05, 3.63) is 58.1 Å². The lowest BCUT2D eigenvalue weighted by Crippen LogP contribution is -2.12. The van der Waals surface area contributed by atoms with Crippen molar-refractivity contribution in [1.82, 2.24) is 0 Å². The average molecular weight is 312 g/mol. The number of thioether (sulfide) groups is 1. The molecule has 0 aliphatic rings. The number of carbonyl (C=O) groups excluding carboxylic acids is 1. The van der Waals surface area contributed by atoms with Gasteiger partial charge in [0.25, 0.3) is 5.91 Å². The normalized spacial score (nSPS) is 10.3. The van der Waals surface area contributed by atoms with Crippen molar-refractivity contribution in [2.45, 2.75) is 4.90 Å². The maximum atomic E-state index is 12.1. The summed E-state index contributed by atoms with van der Waals surface area (Å²) in [6.07, 6.45) is 1.99. The maximum absolute atomic E-state index is 12.1. The highest BCUT2D eigenvalue weighted by atomic mass is 35.5. The smallest absolute Gasteiger partial charge is 0.255 e. The van der Waals surface area contributed by atoms with Crippen LogP contribution in [0, 0.1) is 0 Å². The third-order valence-corrected chi connectivity index (χ3v) is 3.84. The molecule has 0 radical (unpaired) electrons. The number of benzene rings is 2. The standard InChI is InChI=1S/C14H11Cl2NOS/c1-19-11-5-2-9(3-6-11)14(18)17-13-8-10(15)4-7-12(13)16/h2-8H,1H3,(H,17,18). The van der Waals surface area contributed by atoms with Crippen LogP contribution in [0.2, 0.25) is 10.0 Å². The quantitative estimate of drug-likeness (QED) is 0.811. The minimum Gasteiger partial charge on any atom is -0.321 e. The van der Waals surface area contributed by atoms with Crippen LogP contribution < -0.4 is 5.32 Å². The Labute approximate surface area is 126 Å². The molecule has 0 fully saturated rings. The highest BCUT2D eigenvalue weighted by Gasteiger charge is 2.08. The van der Waals surface area contributed by atoms with Crippen LogP contribution in [0.25, 0.3) is 0 Å². The minimum atomic E-state index is -0.211. The van der Waals surface area contributed by atoms with Gasteiger partial charge in [-0.25, -0.2) is 0 Å². The molecule has 0 unspecified atom stereocenters. The van der Waals surface area contributed by atoms with Gasteiger partial charge in [-0.3, -0.25) is 4.79 Å². The fourth-order valence-corrected chi connectivity index (χ4v) is 2.28. The van der Waals surface area contributed by atoms with Crippen molar-refractivity contribution in [2.24, 2.45) is 0 Å². The molecule has 5 heteroatoms. The molecule has 0 atom stereocenters. The van der Waals surface area contributed by atoms with E-state index in [1.807, 2.05) is 18.4 Å². The summed E-state index contributed by atoms with van der Waals surface area (Å²) in [6, 6.07) is 12.3. The third-order valence-electron chi connectivity index (χ3n) is 2.53. The Morgan fingerprint density at radius 1 is 1.11 bits per heavy atom. The molecule has 1 N–H and O–H groups in total. The Morgan fingerprint density at radius 2 is 1.79 bits per heavy atom. The van der Waals surface area contributed by atoms with Crippen molar-refractivity contribution in [1.29, 1.82) is 0 Å². The first kappa shape index (κ1) is 14.3. The highest BCUT2D eigenvalue weighted by Crippen LogP contribution is 2.26. The molecule has 2 aromatic rings. The summed E-state index contributed by atoms with van der Waals surface area (Å²) in [6.45, 7) is 0. The fraction of sp³-hybridized carbons (Fsp3) is 0.0714. The number of carbonyl (C=O) groups is 1. The van der Waals surface area contributed by atoms with Crippen molar-refractivity contribution in [2.75, 3.05) is 11.6 Å². The molecule has 0 heterocycles. The van der Waals surface area contributed by atoms with E-state index in [-0.39, 0.29) is 5.91 Å². The number of halogens is 2. The van der Waals surface area contributed by atoms with E-state index in [1.165, 1.54) is 0 Å². The van der Waals surface area contributed by atoms with Crippen LogP contribution >= 0.6 is 35.0 Å². The molecular weight excluding hydrogens is 301 g/mol. The zero-order valence-electron chi connectivity index (χ0n) is 10.1. The van der Waals surface area contributed by atoms with Gasteiger partial charge in [-0.05, 0) is 48.7 Å². The van der Waals surface area contributed by atoms with Crippen LogP contribution in [0.15, 0.2) is 47.4 Å². The number of anilines is 1. The second-order valence-electron chi connectivity index (χ2n) is 3.81. The first-order valence-electron chi connectivity index (χ1n) is 5.50. The van der Waals surface area contributed by atoms with Crippen LogP contribution in [0.3, 0.4) is 0 Å². The van der Waals surface area contributed by atoms with Gasteiger partial charge in [-0.15, -0.1) is 11.8 Å². The molecule has 0 aliphatic heterocycles. The summed E-state index contributed by atoms with van der Waals surface area (Å²) < 4.78 is 0. The molecule has 2 rings (SSSR count). The average Bonchev–Trinajstić information content (AvgIpc) is 2.43. The van der Waals surface area contributed by atoms with Gasteiger partial charge in [0.15, 0.2) is 0 Å². The Balaban J connectivity index is 2.18. The lowest BCUT2D eigenvalue weighted by Gasteiger charge is -2.08. The van der Waals surface area contributed by atoms with Gasteiger partial charge in [0.1, 0.15) is 0 Å². The molecule has 0 spiro atoms. The molecule has 0 saturated heterocycles. The van der Waals surface area contributed by atoms with Crippen LogP contribution in [-0.2, 0) is 0 Å². The maximum Gasteiger partial charge on any atom is 0.255 e. The summed E-state index contributed by atoms with van der Waals surface area (Å²) in [5.41, 5.74) is 1.09. The van der Waals surface area contributed by atoms with E-state index in [2.05, 4.69) is 5.32 Å². The molecular formula is C14H11Cl2NOS. The van der Waals surface area contributed by atoms with Gasteiger partial charge in [-0.2, -0.15) is 0 Å². The van der Waals surface area contributed by atoms with E-state index in [4.69, 9.17) is 23.2 Å². The largest absolute Gasteiger partial charge is 0.321 e. The second kappa shape index (κ2) is 6.33. The molecule has 19 heavy (non-hydrogen) atoms. The number of hydrogen-bond acceptors (Lipinski definition) is 2. The van der Waals surface area contributed by atoms with E-state index in [0.717, 1.165) is 4.90 Å². The Morgan fingerprint density at radius 3 is 2.42 bits per heavy atom. The van der Waals surface area contributed by atoms with E-state index in [0.29, 0.717) is 21.3 Å². The van der Waals surface area contributed by atoms with E-state index in [1.54, 1.807) is 42.1 Å². The first-order chi connectivity index (χ1) is 9.10. The monoisotopic (exact) mass is 311 g/mol. The van der Waals surface area contributed by atoms with E-state index < -0.39 is 0 Å². The zero-order valence-corrected chi connectivity index (χ0v) is 12.4. The van der Waals surface area contributed by atoms with Crippen LogP contribution in [0.4, 0.5) is 5.69 Å². The molecule has 0 saturated carbocycles. The van der Waals surface area contributed by atoms with Gasteiger partial charge < -0.3 is 5.32 Å². The minimum absolute atomic E-state index is 0.211. The predicted molar refractivity (Wildman–Crippen MR) is 82.6 cm³/mol. The molecule has 1 amide bonds. The Hall–Kier alpha value is -1.16. The fourth-order valence-electron chi connectivity index (χ4n) is 1.53. The summed E-state index contributed by atoms with van der Waals surface area (Å²) in [5, 5.41) is 3.72. The number of nitrogens with one attached hydrogen (secondary N) is 1. The van der Waals surface area contributed by atoms with Crippen LogP contribution in [0.5, 0.6) is 0 Å². The van der Waals surface area contributed by atoms with Gasteiger partial charge in [0.05, 0.1) is 10.7 Å². The SMILES string of the molecule is CSc1ccc(C(=O)Nc2cc(Cl)ccc2Cl)cc1. The van der Waals surface area contributed by atoms with Crippen molar-refractivity contribution in [3.8, 4) is 0 Å².